The van der Waals surface area contributed by atoms with Crippen molar-refractivity contribution in [3.63, 3.8) is 0 Å². The molecule has 1 heterocycles. The van der Waals surface area contributed by atoms with Crippen LogP contribution in [-0.4, -0.2) is 48.6 Å². The van der Waals surface area contributed by atoms with Gasteiger partial charge in [0.2, 0.25) is 5.91 Å². The Morgan fingerprint density at radius 2 is 2.09 bits per heavy atom. The van der Waals surface area contributed by atoms with Crippen molar-refractivity contribution in [2.45, 2.75) is 25.5 Å². The van der Waals surface area contributed by atoms with Gasteiger partial charge >= 0.3 is 0 Å². The average Bonchev–Trinajstić information content (AvgIpc) is 2.57. The molecule has 1 aliphatic heterocycles. The summed E-state index contributed by atoms with van der Waals surface area (Å²) in [6, 6.07) is 9.89. The van der Waals surface area contributed by atoms with Crippen LogP contribution in [0.5, 0.6) is 5.75 Å². The van der Waals surface area contributed by atoms with Crippen LogP contribution >= 0.6 is 11.8 Å². The molecule has 0 atom stereocenters. The fraction of sp³-hybridized carbons (Fsp3) is 0.529. The summed E-state index contributed by atoms with van der Waals surface area (Å²) in [5.74, 6) is 1.51. The van der Waals surface area contributed by atoms with Gasteiger partial charge in [0.1, 0.15) is 11.9 Å². The Balaban J connectivity index is 1.72. The maximum Gasteiger partial charge on any atom is 0.230 e. The zero-order valence-electron chi connectivity index (χ0n) is 13.5. The van der Waals surface area contributed by atoms with Crippen molar-refractivity contribution in [2.24, 2.45) is 0 Å². The smallest absolute Gasteiger partial charge is 0.230 e. The summed E-state index contributed by atoms with van der Waals surface area (Å²) in [5.41, 5.74) is 1.04. The lowest BCUT2D eigenvalue weighted by Crippen LogP contribution is -2.35. The molecule has 2 rings (SSSR count). The predicted molar refractivity (Wildman–Crippen MR) is 92.4 cm³/mol. The van der Waals surface area contributed by atoms with Gasteiger partial charge in [0.25, 0.3) is 0 Å². The van der Waals surface area contributed by atoms with E-state index in [2.05, 4.69) is 17.3 Å². The molecule has 0 spiro atoms. The maximum atomic E-state index is 11.6. The van der Waals surface area contributed by atoms with Gasteiger partial charge in [-0.15, -0.1) is 11.8 Å². The molecule has 1 aliphatic rings. The Morgan fingerprint density at radius 1 is 1.39 bits per heavy atom. The molecule has 0 unspecified atom stereocenters. The van der Waals surface area contributed by atoms with Crippen molar-refractivity contribution >= 4 is 17.7 Å². The van der Waals surface area contributed by atoms with Gasteiger partial charge < -0.3 is 15.0 Å². The molecule has 124 valence electrons. The Labute approximate surface area is 142 Å². The van der Waals surface area contributed by atoms with E-state index in [-0.39, 0.29) is 5.91 Å². The van der Waals surface area contributed by atoms with Crippen molar-refractivity contribution in [1.82, 2.24) is 10.2 Å². The molecule has 0 aromatic heterocycles. The number of hydrogen-bond donors (Lipinski definition) is 1. The molecule has 1 N–H and O–H groups in total. The minimum atomic E-state index is -0.0445. The number of hydrogen-bond acceptors (Lipinski definition) is 5. The minimum absolute atomic E-state index is 0.0445. The molecule has 23 heavy (non-hydrogen) atoms. The lowest BCUT2D eigenvalue weighted by Gasteiger charge is -2.29. The molecular formula is C17H23N3O2S. The van der Waals surface area contributed by atoms with Crippen LogP contribution in [0, 0.1) is 11.3 Å². The molecule has 1 aromatic rings. The second-order valence-corrected chi connectivity index (χ2v) is 6.68. The van der Waals surface area contributed by atoms with Crippen LogP contribution in [0.4, 0.5) is 0 Å². The SMILES string of the molecule is CN1CCC(Oc2ccc(CNC(=O)CSCC#N)cc2)CC1. The van der Waals surface area contributed by atoms with E-state index < -0.39 is 0 Å². The normalized spacial score (nSPS) is 15.8. The second kappa shape index (κ2) is 9.43. The highest BCUT2D eigenvalue weighted by Crippen LogP contribution is 2.19. The molecule has 6 heteroatoms. The molecule has 5 nitrogen and oxygen atoms in total. The van der Waals surface area contributed by atoms with E-state index in [1.807, 2.05) is 30.3 Å². The number of nitrogens with one attached hydrogen (secondary N) is 1. The van der Waals surface area contributed by atoms with Crippen molar-refractivity contribution in [1.29, 1.82) is 5.26 Å². The second-order valence-electron chi connectivity index (χ2n) is 5.69. The highest BCUT2D eigenvalue weighted by molar-refractivity contribution is 8.00. The van der Waals surface area contributed by atoms with Gasteiger partial charge in [-0.3, -0.25) is 4.79 Å². The predicted octanol–water partition coefficient (Wildman–Crippen LogP) is 2.03. The Morgan fingerprint density at radius 3 is 2.74 bits per heavy atom. The van der Waals surface area contributed by atoms with Crippen LogP contribution in [0.1, 0.15) is 18.4 Å². The summed E-state index contributed by atoms with van der Waals surface area (Å²) >= 11 is 1.32. The van der Waals surface area contributed by atoms with E-state index in [4.69, 9.17) is 10.00 Å². The number of piperidine rings is 1. The summed E-state index contributed by atoms with van der Waals surface area (Å²) in [4.78, 5) is 13.9. The van der Waals surface area contributed by atoms with E-state index in [0.29, 0.717) is 24.2 Å². The largest absolute Gasteiger partial charge is 0.490 e. The van der Waals surface area contributed by atoms with Crippen LogP contribution in [0.25, 0.3) is 0 Å². The number of nitrogens with zero attached hydrogens (tertiary/aromatic N) is 2. The van der Waals surface area contributed by atoms with E-state index in [1.54, 1.807) is 0 Å². The van der Waals surface area contributed by atoms with Gasteiger partial charge in [-0.1, -0.05) is 12.1 Å². The topological polar surface area (TPSA) is 65.4 Å². The number of amides is 1. The molecule has 0 aliphatic carbocycles. The van der Waals surface area contributed by atoms with Gasteiger partial charge in [-0.05, 0) is 37.6 Å². The fourth-order valence-corrected chi connectivity index (χ4v) is 2.90. The van der Waals surface area contributed by atoms with E-state index >= 15 is 0 Å². The van der Waals surface area contributed by atoms with Crippen molar-refractivity contribution in [2.75, 3.05) is 31.6 Å². The Bertz CT molecular complexity index is 534. The first-order chi connectivity index (χ1) is 11.2. The van der Waals surface area contributed by atoms with Gasteiger partial charge in [0, 0.05) is 19.6 Å². The summed E-state index contributed by atoms with van der Waals surface area (Å²) < 4.78 is 6.00. The summed E-state index contributed by atoms with van der Waals surface area (Å²) in [7, 11) is 2.14. The molecule has 0 saturated carbocycles. The van der Waals surface area contributed by atoms with E-state index in [9.17, 15) is 4.79 Å². The van der Waals surface area contributed by atoms with Crippen LogP contribution in [0.2, 0.25) is 0 Å². The first-order valence-corrected chi connectivity index (χ1v) is 8.98. The Hall–Kier alpha value is -1.71. The summed E-state index contributed by atoms with van der Waals surface area (Å²) in [5, 5.41) is 11.3. The lowest BCUT2D eigenvalue weighted by atomic mass is 10.1. The summed E-state index contributed by atoms with van der Waals surface area (Å²) in [6.45, 7) is 2.66. The van der Waals surface area contributed by atoms with Crippen molar-refractivity contribution in [3.8, 4) is 11.8 Å². The van der Waals surface area contributed by atoms with Gasteiger partial charge in [0.05, 0.1) is 17.6 Å². The van der Waals surface area contributed by atoms with Crippen LogP contribution < -0.4 is 10.1 Å². The maximum absolute atomic E-state index is 11.6. The lowest BCUT2D eigenvalue weighted by molar-refractivity contribution is -0.118. The number of carbonyl (C=O) groups excluding carboxylic acids is 1. The summed E-state index contributed by atoms with van der Waals surface area (Å²) in [6.07, 6.45) is 2.43. The number of carbonyl (C=O) groups is 1. The van der Waals surface area contributed by atoms with Gasteiger partial charge in [-0.2, -0.15) is 5.26 Å². The van der Waals surface area contributed by atoms with Crippen molar-refractivity contribution in [3.05, 3.63) is 29.8 Å². The highest BCUT2D eigenvalue weighted by atomic mass is 32.2. The fourth-order valence-electron chi connectivity index (χ4n) is 2.42. The highest BCUT2D eigenvalue weighted by Gasteiger charge is 2.17. The molecule has 0 radical (unpaired) electrons. The standard InChI is InChI=1S/C17H23N3O2S/c1-20-9-6-16(7-10-20)22-15-4-2-14(3-5-15)12-19-17(21)13-23-11-8-18/h2-5,16H,6-7,9-13H2,1H3,(H,19,21). The average molecular weight is 333 g/mol. The van der Waals surface area contributed by atoms with Crippen LogP contribution in [0.15, 0.2) is 24.3 Å². The number of likely N-dealkylation sites (tertiary alicyclic amines) is 1. The quantitative estimate of drug-likeness (QED) is 0.774. The number of thioether (sulfide) groups is 1. The van der Waals surface area contributed by atoms with E-state index in [0.717, 1.165) is 37.2 Å². The minimum Gasteiger partial charge on any atom is -0.490 e. The molecular weight excluding hydrogens is 310 g/mol. The third-order valence-electron chi connectivity index (χ3n) is 3.78. The molecule has 0 bridgehead atoms. The number of nitriles is 1. The third kappa shape index (κ3) is 6.51. The van der Waals surface area contributed by atoms with Gasteiger partial charge in [0.15, 0.2) is 0 Å². The molecule has 1 aromatic carbocycles. The van der Waals surface area contributed by atoms with E-state index in [1.165, 1.54) is 11.8 Å². The number of ether oxygens (including phenoxy) is 1. The molecule has 1 amide bonds. The zero-order chi connectivity index (χ0) is 16.5. The third-order valence-corrected chi connectivity index (χ3v) is 4.58. The van der Waals surface area contributed by atoms with Crippen LogP contribution in [0.3, 0.4) is 0 Å². The molecule has 1 saturated heterocycles. The zero-order valence-corrected chi connectivity index (χ0v) is 14.3. The first kappa shape index (κ1) is 17.6. The first-order valence-electron chi connectivity index (χ1n) is 7.83. The number of benzene rings is 1. The van der Waals surface area contributed by atoms with Crippen molar-refractivity contribution < 1.29 is 9.53 Å². The van der Waals surface area contributed by atoms with Gasteiger partial charge in [-0.25, -0.2) is 0 Å². The molecule has 1 fully saturated rings. The monoisotopic (exact) mass is 333 g/mol. The van der Waals surface area contributed by atoms with Crippen LogP contribution in [-0.2, 0) is 11.3 Å². The Kier molecular flexibility index (Phi) is 7.24. The number of rotatable bonds is 7.